The van der Waals surface area contributed by atoms with Gasteiger partial charge in [-0.05, 0) is 30.3 Å². The molecule has 0 N–H and O–H groups in total. The number of alkyl halides is 2. The molecule has 0 bridgehead atoms. The van der Waals surface area contributed by atoms with Gasteiger partial charge in [0.25, 0.3) is 0 Å². The van der Waals surface area contributed by atoms with Crippen LogP contribution in [-0.2, 0) is 11.3 Å². The van der Waals surface area contributed by atoms with Gasteiger partial charge in [-0.2, -0.15) is 8.78 Å². The Morgan fingerprint density at radius 2 is 1.96 bits per heavy atom. The molecule has 0 aliphatic heterocycles. The zero-order chi connectivity index (χ0) is 19.4. The number of benzene rings is 2. The minimum Gasteiger partial charge on any atom is -0.465 e. The molecular formula is C18H14ClF2N3O3. The van der Waals surface area contributed by atoms with E-state index in [0.29, 0.717) is 21.8 Å². The fraction of sp³-hybridized carbons (Fsp3) is 0.167. The third kappa shape index (κ3) is 4.59. The average Bonchev–Trinajstić information content (AvgIpc) is 3.11. The van der Waals surface area contributed by atoms with E-state index in [1.165, 1.54) is 30.0 Å². The number of nitrogens with zero attached hydrogens (tertiary/aromatic N) is 3. The molecule has 0 aliphatic carbocycles. The van der Waals surface area contributed by atoms with Gasteiger partial charge in [-0.3, -0.25) is 0 Å². The van der Waals surface area contributed by atoms with Crippen molar-refractivity contribution in [3.05, 3.63) is 64.8 Å². The van der Waals surface area contributed by atoms with E-state index < -0.39 is 12.6 Å². The Morgan fingerprint density at radius 1 is 1.22 bits per heavy atom. The molecular weight excluding hydrogens is 380 g/mol. The van der Waals surface area contributed by atoms with Crippen LogP contribution in [0.3, 0.4) is 0 Å². The van der Waals surface area contributed by atoms with Gasteiger partial charge in [-0.15, -0.1) is 5.10 Å². The minimum atomic E-state index is -2.94. The summed E-state index contributed by atoms with van der Waals surface area (Å²) >= 11 is 5.95. The van der Waals surface area contributed by atoms with E-state index in [1.54, 1.807) is 30.5 Å². The molecule has 0 spiro atoms. The molecule has 0 fully saturated rings. The van der Waals surface area contributed by atoms with Gasteiger partial charge in [0, 0.05) is 16.1 Å². The van der Waals surface area contributed by atoms with E-state index in [9.17, 15) is 13.6 Å². The molecule has 0 unspecified atom stereocenters. The monoisotopic (exact) mass is 393 g/mol. The van der Waals surface area contributed by atoms with Gasteiger partial charge in [-0.1, -0.05) is 28.9 Å². The molecule has 1 heterocycles. The molecule has 0 atom stereocenters. The highest BCUT2D eigenvalue weighted by Gasteiger charge is 2.13. The van der Waals surface area contributed by atoms with Crippen LogP contribution in [0.5, 0.6) is 5.75 Å². The second-order valence-electron chi connectivity index (χ2n) is 5.50. The summed E-state index contributed by atoms with van der Waals surface area (Å²) in [7, 11) is 1.31. The number of rotatable bonds is 6. The van der Waals surface area contributed by atoms with Crippen molar-refractivity contribution in [3.8, 4) is 17.0 Å². The lowest BCUT2D eigenvalue weighted by Crippen LogP contribution is -2.07. The fourth-order valence-corrected chi connectivity index (χ4v) is 2.65. The first kappa shape index (κ1) is 18.8. The highest BCUT2D eigenvalue weighted by Crippen LogP contribution is 2.26. The van der Waals surface area contributed by atoms with Crippen LogP contribution in [0.2, 0.25) is 5.02 Å². The number of carbonyl (C=O) groups excluding carboxylic acids is 1. The van der Waals surface area contributed by atoms with Crippen LogP contribution in [0.25, 0.3) is 11.3 Å². The largest absolute Gasteiger partial charge is 0.465 e. The van der Waals surface area contributed by atoms with Crippen LogP contribution < -0.4 is 4.74 Å². The van der Waals surface area contributed by atoms with E-state index in [-0.39, 0.29) is 12.3 Å². The van der Waals surface area contributed by atoms with Crippen LogP contribution in [0.1, 0.15) is 15.9 Å². The summed E-state index contributed by atoms with van der Waals surface area (Å²) in [5.41, 5.74) is 2.16. The first-order chi connectivity index (χ1) is 13.0. The van der Waals surface area contributed by atoms with Gasteiger partial charge in [-0.25, -0.2) is 9.48 Å². The smallest absolute Gasteiger partial charge is 0.387 e. The summed E-state index contributed by atoms with van der Waals surface area (Å²) < 4.78 is 35.8. The predicted octanol–water partition coefficient (Wildman–Crippen LogP) is 4.03. The lowest BCUT2D eigenvalue weighted by Gasteiger charge is -2.10. The molecule has 0 amide bonds. The number of methoxy groups -OCH3 is 1. The van der Waals surface area contributed by atoms with Crippen molar-refractivity contribution in [3.63, 3.8) is 0 Å². The lowest BCUT2D eigenvalue weighted by atomic mass is 10.1. The highest BCUT2D eigenvalue weighted by atomic mass is 35.5. The highest BCUT2D eigenvalue weighted by molar-refractivity contribution is 6.30. The fourth-order valence-electron chi connectivity index (χ4n) is 2.46. The summed E-state index contributed by atoms with van der Waals surface area (Å²) in [5.74, 6) is -0.411. The van der Waals surface area contributed by atoms with Gasteiger partial charge in [0.15, 0.2) is 0 Å². The van der Waals surface area contributed by atoms with Gasteiger partial charge < -0.3 is 9.47 Å². The molecule has 6 nitrogen and oxygen atoms in total. The number of halogens is 3. The van der Waals surface area contributed by atoms with E-state index in [2.05, 4.69) is 19.8 Å². The molecule has 0 aliphatic rings. The molecule has 0 saturated heterocycles. The summed E-state index contributed by atoms with van der Waals surface area (Å²) in [6.07, 6.45) is 1.65. The second-order valence-corrected chi connectivity index (χ2v) is 5.94. The van der Waals surface area contributed by atoms with Crippen molar-refractivity contribution in [1.29, 1.82) is 0 Å². The molecule has 140 valence electrons. The molecule has 27 heavy (non-hydrogen) atoms. The molecule has 0 saturated carbocycles. The zero-order valence-electron chi connectivity index (χ0n) is 14.1. The normalized spacial score (nSPS) is 10.9. The molecule has 3 aromatic rings. The third-order valence-electron chi connectivity index (χ3n) is 3.71. The topological polar surface area (TPSA) is 66.2 Å². The van der Waals surface area contributed by atoms with Gasteiger partial charge >= 0.3 is 12.6 Å². The van der Waals surface area contributed by atoms with Gasteiger partial charge in [0.05, 0.1) is 25.4 Å². The van der Waals surface area contributed by atoms with Crippen molar-refractivity contribution in [2.75, 3.05) is 7.11 Å². The van der Waals surface area contributed by atoms with E-state index in [0.717, 1.165) is 5.56 Å². The number of hydrogen-bond acceptors (Lipinski definition) is 5. The van der Waals surface area contributed by atoms with Crippen molar-refractivity contribution in [2.24, 2.45) is 0 Å². The molecule has 1 aromatic heterocycles. The maximum atomic E-state index is 12.6. The first-order valence-corrected chi connectivity index (χ1v) is 8.16. The van der Waals surface area contributed by atoms with Gasteiger partial charge in [0.2, 0.25) is 0 Å². The van der Waals surface area contributed by atoms with Crippen LogP contribution in [0, 0.1) is 0 Å². The summed E-state index contributed by atoms with van der Waals surface area (Å²) in [4.78, 5) is 11.5. The molecule has 9 heteroatoms. The molecule has 2 aromatic carbocycles. The van der Waals surface area contributed by atoms with Crippen LogP contribution in [0.15, 0.2) is 48.7 Å². The Kier molecular flexibility index (Phi) is 5.66. The number of ether oxygens (including phenoxy) is 2. The van der Waals surface area contributed by atoms with Gasteiger partial charge in [0.1, 0.15) is 11.4 Å². The minimum absolute atomic E-state index is 0.0221. The quantitative estimate of drug-likeness (QED) is 0.591. The van der Waals surface area contributed by atoms with Crippen LogP contribution in [0.4, 0.5) is 8.78 Å². The Balaban J connectivity index is 1.80. The first-order valence-electron chi connectivity index (χ1n) is 7.78. The standard InChI is InChI=1S/C18H14ClF2N3O3/c1-26-17(25)12-4-2-11(3-5-12)15-10-24(23-22-15)9-13-8-14(19)6-7-16(13)27-18(20)21/h2-8,10,18H,9H2,1H3. The zero-order valence-corrected chi connectivity index (χ0v) is 14.9. The van der Waals surface area contributed by atoms with Crippen molar-refractivity contribution in [2.45, 2.75) is 13.2 Å². The number of aromatic nitrogens is 3. The summed E-state index contributed by atoms with van der Waals surface area (Å²) in [6, 6.07) is 11.0. The Labute approximate surface area is 158 Å². The average molecular weight is 394 g/mol. The number of esters is 1. The number of hydrogen-bond donors (Lipinski definition) is 0. The predicted molar refractivity (Wildman–Crippen MR) is 94.0 cm³/mol. The Morgan fingerprint density at radius 3 is 2.63 bits per heavy atom. The lowest BCUT2D eigenvalue weighted by molar-refractivity contribution is -0.0505. The van der Waals surface area contributed by atoms with Crippen LogP contribution >= 0.6 is 11.6 Å². The number of carbonyl (C=O) groups is 1. The van der Waals surface area contributed by atoms with Crippen LogP contribution in [-0.4, -0.2) is 34.7 Å². The Bertz CT molecular complexity index is 945. The van der Waals surface area contributed by atoms with E-state index >= 15 is 0 Å². The summed E-state index contributed by atoms with van der Waals surface area (Å²) in [5, 5.41) is 8.46. The molecule has 0 radical (unpaired) electrons. The van der Waals surface area contributed by atoms with Crippen molar-refractivity contribution in [1.82, 2.24) is 15.0 Å². The maximum Gasteiger partial charge on any atom is 0.387 e. The van der Waals surface area contributed by atoms with Crippen molar-refractivity contribution >= 4 is 17.6 Å². The van der Waals surface area contributed by atoms with E-state index in [1.807, 2.05) is 0 Å². The van der Waals surface area contributed by atoms with Crippen molar-refractivity contribution < 1.29 is 23.0 Å². The maximum absolute atomic E-state index is 12.6. The van der Waals surface area contributed by atoms with E-state index in [4.69, 9.17) is 11.6 Å². The third-order valence-corrected chi connectivity index (χ3v) is 3.95. The Hall–Kier alpha value is -3.00. The second kappa shape index (κ2) is 8.13. The SMILES string of the molecule is COC(=O)c1ccc(-c2cn(Cc3cc(Cl)ccc3OC(F)F)nn2)cc1. The molecule has 3 rings (SSSR count). The summed E-state index contributed by atoms with van der Waals surface area (Å²) in [6.45, 7) is -2.79.